The van der Waals surface area contributed by atoms with Crippen LogP contribution in [0.15, 0.2) is 60.7 Å². The van der Waals surface area contributed by atoms with Crippen LogP contribution in [-0.2, 0) is 32.2 Å². The molecule has 2 aromatic carbocycles. The van der Waals surface area contributed by atoms with Crippen LogP contribution < -0.4 is 0 Å². The topological polar surface area (TPSA) is 76.1 Å². The van der Waals surface area contributed by atoms with Gasteiger partial charge in [0.05, 0.1) is 32.2 Å². The molecule has 0 amide bonds. The monoisotopic (exact) mass is 425 g/mol. The number of hydrogen-bond acceptors (Lipinski definition) is 6. The zero-order valence-corrected chi connectivity index (χ0v) is 17.3. The molecule has 0 aliphatic heterocycles. The highest BCUT2D eigenvalue weighted by atomic mass is 32.2. The quantitative estimate of drug-likeness (QED) is 0.497. The van der Waals surface area contributed by atoms with E-state index in [4.69, 9.17) is 4.74 Å². The zero-order valence-electron chi connectivity index (χ0n) is 16.5. The van der Waals surface area contributed by atoms with E-state index in [1.165, 1.54) is 0 Å². The minimum atomic E-state index is -3.70. The average molecular weight is 426 g/mol. The number of benzene rings is 2. The molecule has 6 nitrogen and oxygen atoms in total. The van der Waals surface area contributed by atoms with E-state index in [2.05, 4.69) is 4.18 Å². The van der Waals surface area contributed by atoms with E-state index in [9.17, 15) is 17.9 Å². The SMILES string of the molecule is CS(=O)(=O)OCC(F)CN(Cc1ccccc1)CC(O)COCc1ccccc1. The number of halogens is 1. The Balaban J connectivity index is 1.87. The second kappa shape index (κ2) is 12.0. The Hall–Kier alpha value is -1.84. The molecule has 0 saturated heterocycles. The van der Waals surface area contributed by atoms with E-state index in [1.807, 2.05) is 60.7 Å². The minimum absolute atomic E-state index is 0.0693. The van der Waals surface area contributed by atoms with E-state index in [0.717, 1.165) is 17.4 Å². The number of aliphatic hydroxyl groups excluding tert-OH is 1. The molecule has 2 aromatic rings. The largest absolute Gasteiger partial charge is 0.389 e. The first kappa shape index (κ1) is 23.4. The summed E-state index contributed by atoms with van der Waals surface area (Å²) >= 11 is 0. The Labute approximate surface area is 172 Å². The van der Waals surface area contributed by atoms with Gasteiger partial charge in [-0.15, -0.1) is 0 Å². The molecule has 2 atom stereocenters. The fourth-order valence-electron chi connectivity index (χ4n) is 2.81. The summed E-state index contributed by atoms with van der Waals surface area (Å²) in [5, 5.41) is 10.3. The summed E-state index contributed by atoms with van der Waals surface area (Å²) in [6.07, 6.45) is -1.44. The Kier molecular flexibility index (Phi) is 9.69. The van der Waals surface area contributed by atoms with Gasteiger partial charge >= 0.3 is 0 Å². The van der Waals surface area contributed by atoms with E-state index in [1.54, 1.807) is 4.90 Å². The van der Waals surface area contributed by atoms with Crippen molar-refractivity contribution in [3.8, 4) is 0 Å². The van der Waals surface area contributed by atoms with Crippen LogP contribution in [0, 0.1) is 0 Å². The molecule has 0 heterocycles. The standard InChI is InChI=1S/C21H28FNO5S/c1-29(25,26)28-16-20(22)13-23(12-18-8-4-2-5-9-18)14-21(24)17-27-15-19-10-6-3-7-11-19/h2-11,20-21,24H,12-17H2,1H3. The van der Waals surface area contributed by atoms with Crippen LogP contribution in [0.3, 0.4) is 0 Å². The molecule has 1 N–H and O–H groups in total. The maximum atomic E-state index is 14.3. The molecule has 0 saturated carbocycles. The summed E-state index contributed by atoms with van der Waals surface area (Å²) in [5.41, 5.74) is 1.96. The van der Waals surface area contributed by atoms with Crippen molar-refractivity contribution in [3.05, 3.63) is 71.8 Å². The Morgan fingerprint density at radius 3 is 2.14 bits per heavy atom. The average Bonchev–Trinajstić information content (AvgIpc) is 2.67. The number of rotatable bonds is 13. The highest BCUT2D eigenvalue weighted by Gasteiger charge is 2.19. The number of ether oxygens (including phenoxy) is 1. The molecule has 0 spiro atoms. The third kappa shape index (κ3) is 10.5. The first-order chi connectivity index (χ1) is 13.8. The fraction of sp³-hybridized carbons (Fsp3) is 0.429. The van der Waals surface area contributed by atoms with Gasteiger partial charge in [0, 0.05) is 19.6 Å². The lowest BCUT2D eigenvalue weighted by molar-refractivity contribution is 0.00319. The van der Waals surface area contributed by atoms with Crippen molar-refractivity contribution < 1.29 is 26.8 Å². The van der Waals surface area contributed by atoms with Crippen LogP contribution in [0.4, 0.5) is 4.39 Å². The van der Waals surface area contributed by atoms with Gasteiger partial charge in [0.15, 0.2) is 0 Å². The number of aliphatic hydroxyl groups is 1. The summed E-state index contributed by atoms with van der Waals surface area (Å²) in [4.78, 5) is 1.72. The van der Waals surface area contributed by atoms with Crippen LogP contribution in [-0.4, -0.2) is 63.3 Å². The van der Waals surface area contributed by atoms with E-state index in [0.29, 0.717) is 13.2 Å². The highest BCUT2D eigenvalue weighted by Crippen LogP contribution is 2.09. The van der Waals surface area contributed by atoms with Crippen LogP contribution in [0.5, 0.6) is 0 Å². The van der Waals surface area contributed by atoms with E-state index < -0.39 is 29.0 Å². The van der Waals surface area contributed by atoms with Crippen LogP contribution in [0.1, 0.15) is 11.1 Å². The normalized spacial score (nSPS) is 14.1. The molecule has 0 aliphatic rings. The van der Waals surface area contributed by atoms with E-state index >= 15 is 0 Å². The van der Waals surface area contributed by atoms with Crippen LogP contribution in [0.2, 0.25) is 0 Å². The van der Waals surface area contributed by atoms with Crippen molar-refractivity contribution in [2.45, 2.75) is 25.4 Å². The lowest BCUT2D eigenvalue weighted by atomic mass is 10.2. The molecule has 0 radical (unpaired) electrons. The lowest BCUT2D eigenvalue weighted by Gasteiger charge is -2.26. The van der Waals surface area contributed by atoms with Gasteiger partial charge in [0.2, 0.25) is 0 Å². The molecule has 0 aliphatic carbocycles. The molecule has 29 heavy (non-hydrogen) atoms. The Morgan fingerprint density at radius 2 is 1.55 bits per heavy atom. The summed E-state index contributed by atoms with van der Waals surface area (Å²) < 4.78 is 46.5. The van der Waals surface area contributed by atoms with Gasteiger partial charge in [-0.3, -0.25) is 9.08 Å². The number of nitrogens with zero attached hydrogens (tertiary/aromatic N) is 1. The van der Waals surface area contributed by atoms with Crippen molar-refractivity contribution in [1.82, 2.24) is 4.90 Å². The van der Waals surface area contributed by atoms with Crippen molar-refractivity contribution in [2.24, 2.45) is 0 Å². The third-order valence-corrected chi connectivity index (χ3v) is 4.62. The Bertz CT molecular complexity index is 804. The molecular weight excluding hydrogens is 397 g/mol. The first-order valence-corrected chi connectivity index (χ1v) is 11.2. The molecule has 2 unspecified atom stereocenters. The number of hydrogen-bond donors (Lipinski definition) is 1. The van der Waals surface area contributed by atoms with Crippen molar-refractivity contribution >= 4 is 10.1 Å². The molecule has 0 aromatic heterocycles. The second-order valence-electron chi connectivity index (χ2n) is 6.92. The first-order valence-electron chi connectivity index (χ1n) is 9.36. The maximum Gasteiger partial charge on any atom is 0.264 e. The second-order valence-corrected chi connectivity index (χ2v) is 8.56. The highest BCUT2D eigenvalue weighted by molar-refractivity contribution is 7.85. The minimum Gasteiger partial charge on any atom is -0.389 e. The summed E-state index contributed by atoms with van der Waals surface area (Å²) in [6.45, 7) is 0.464. The predicted molar refractivity (Wildman–Crippen MR) is 110 cm³/mol. The Morgan fingerprint density at radius 1 is 0.966 bits per heavy atom. The smallest absolute Gasteiger partial charge is 0.264 e. The van der Waals surface area contributed by atoms with Gasteiger partial charge in [-0.1, -0.05) is 60.7 Å². The molecule has 2 rings (SSSR count). The fourth-order valence-corrected chi connectivity index (χ4v) is 3.21. The van der Waals surface area contributed by atoms with Crippen molar-refractivity contribution in [1.29, 1.82) is 0 Å². The zero-order chi connectivity index (χ0) is 21.1. The van der Waals surface area contributed by atoms with Gasteiger partial charge < -0.3 is 9.84 Å². The summed E-state index contributed by atoms with van der Waals surface area (Å²) in [6, 6.07) is 19.1. The molecule has 8 heteroatoms. The molecule has 0 fully saturated rings. The molecule has 0 bridgehead atoms. The number of alkyl halides is 1. The van der Waals surface area contributed by atoms with Gasteiger partial charge in [-0.05, 0) is 11.1 Å². The van der Waals surface area contributed by atoms with Gasteiger partial charge in [-0.2, -0.15) is 8.42 Å². The van der Waals surface area contributed by atoms with Crippen molar-refractivity contribution in [2.75, 3.05) is 32.6 Å². The van der Waals surface area contributed by atoms with Gasteiger partial charge in [-0.25, -0.2) is 4.39 Å². The lowest BCUT2D eigenvalue weighted by Crippen LogP contribution is -2.39. The molecule has 160 valence electrons. The molecular formula is C21H28FNO5S. The van der Waals surface area contributed by atoms with Crippen LogP contribution in [0.25, 0.3) is 0 Å². The van der Waals surface area contributed by atoms with Crippen molar-refractivity contribution in [3.63, 3.8) is 0 Å². The predicted octanol–water partition coefficient (Wildman–Crippen LogP) is 2.38. The van der Waals surface area contributed by atoms with Gasteiger partial charge in [0.25, 0.3) is 10.1 Å². The third-order valence-electron chi connectivity index (χ3n) is 4.06. The van der Waals surface area contributed by atoms with Gasteiger partial charge in [0.1, 0.15) is 6.17 Å². The maximum absolute atomic E-state index is 14.3. The summed E-state index contributed by atoms with van der Waals surface area (Å²) in [7, 11) is -3.70. The van der Waals surface area contributed by atoms with Crippen LogP contribution >= 0.6 is 0 Å². The summed E-state index contributed by atoms with van der Waals surface area (Å²) in [5.74, 6) is 0. The van der Waals surface area contributed by atoms with E-state index in [-0.39, 0.29) is 19.7 Å².